The highest BCUT2D eigenvalue weighted by Crippen LogP contribution is 2.22. The first-order valence-corrected chi connectivity index (χ1v) is 12.5. The van der Waals surface area contributed by atoms with Crippen molar-refractivity contribution in [1.82, 2.24) is 14.3 Å². The number of rotatable bonds is 6. The lowest BCUT2D eigenvalue weighted by atomic mass is 10.2. The lowest BCUT2D eigenvalue weighted by Crippen LogP contribution is -2.19. The molecular formula is C22H22N4O4S2. The molecule has 2 aromatic carbocycles. The number of methoxy groups -OCH3 is 1. The lowest BCUT2D eigenvalue weighted by Gasteiger charge is -2.05. The second kappa shape index (κ2) is 8.81. The van der Waals surface area contributed by atoms with Crippen LogP contribution in [-0.2, 0) is 21.1 Å². The fourth-order valence-electron chi connectivity index (χ4n) is 3.36. The van der Waals surface area contributed by atoms with Crippen molar-refractivity contribution in [2.24, 2.45) is 4.99 Å². The maximum atomic E-state index is 13.1. The average molecular weight is 471 g/mol. The number of hydrogen-bond donors (Lipinski definition) is 0. The lowest BCUT2D eigenvalue weighted by molar-refractivity contribution is 0.0996. The molecule has 8 nitrogen and oxygen atoms in total. The van der Waals surface area contributed by atoms with E-state index in [1.807, 2.05) is 41.8 Å². The number of carbonyl (C=O) groups excluding carboxylic acids is 1. The molecule has 0 aliphatic rings. The predicted molar refractivity (Wildman–Crippen MR) is 123 cm³/mol. The number of thiazole rings is 1. The standard InChI is InChI=1S/C22H22N4O4S2/c1-15-18(14-23-26(15)16-7-5-4-6-8-16)21(27)24-22-25(11-12-30-2)19-10-9-17(32(3,28)29)13-20(19)31-22/h4-10,13-14H,11-12H2,1-3H3. The molecule has 0 aliphatic carbocycles. The van der Waals surface area contributed by atoms with Crippen LogP contribution in [0.1, 0.15) is 16.1 Å². The van der Waals surface area contributed by atoms with E-state index in [0.717, 1.165) is 15.9 Å². The maximum absolute atomic E-state index is 13.1. The van der Waals surface area contributed by atoms with Gasteiger partial charge in [-0.3, -0.25) is 4.79 Å². The summed E-state index contributed by atoms with van der Waals surface area (Å²) in [6.07, 6.45) is 2.69. The van der Waals surface area contributed by atoms with Crippen LogP contribution >= 0.6 is 11.3 Å². The van der Waals surface area contributed by atoms with Gasteiger partial charge in [0, 0.05) is 19.9 Å². The minimum atomic E-state index is -3.35. The van der Waals surface area contributed by atoms with E-state index < -0.39 is 15.7 Å². The molecule has 0 spiro atoms. The third-order valence-electron chi connectivity index (χ3n) is 5.04. The molecule has 1 amide bonds. The highest BCUT2D eigenvalue weighted by molar-refractivity contribution is 7.90. The van der Waals surface area contributed by atoms with Gasteiger partial charge in [0.05, 0.1) is 44.9 Å². The molecule has 0 N–H and O–H groups in total. The van der Waals surface area contributed by atoms with Gasteiger partial charge in [-0.25, -0.2) is 13.1 Å². The van der Waals surface area contributed by atoms with Gasteiger partial charge < -0.3 is 9.30 Å². The van der Waals surface area contributed by atoms with Crippen LogP contribution in [0.2, 0.25) is 0 Å². The summed E-state index contributed by atoms with van der Waals surface area (Å²) in [6, 6.07) is 14.5. The largest absolute Gasteiger partial charge is 0.383 e. The molecule has 2 heterocycles. The van der Waals surface area contributed by atoms with Crippen LogP contribution < -0.4 is 4.80 Å². The van der Waals surface area contributed by atoms with Crippen LogP contribution in [0, 0.1) is 6.92 Å². The van der Waals surface area contributed by atoms with Gasteiger partial charge in [-0.1, -0.05) is 29.5 Å². The highest BCUT2D eigenvalue weighted by atomic mass is 32.2. The summed E-state index contributed by atoms with van der Waals surface area (Å²) in [4.78, 5) is 18.1. The van der Waals surface area contributed by atoms with Gasteiger partial charge in [0.2, 0.25) is 0 Å². The van der Waals surface area contributed by atoms with Gasteiger partial charge in [-0.15, -0.1) is 0 Å². The first-order chi connectivity index (χ1) is 15.3. The minimum Gasteiger partial charge on any atom is -0.383 e. The van der Waals surface area contributed by atoms with Crippen molar-refractivity contribution >= 4 is 37.3 Å². The second-order valence-corrected chi connectivity index (χ2v) is 10.3. The first-order valence-electron chi connectivity index (χ1n) is 9.81. The summed E-state index contributed by atoms with van der Waals surface area (Å²) in [5, 5.41) is 4.35. The zero-order chi connectivity index (χ0) is 22.9. The molecule has 10 heteroatoms. The van der Waals surface area contributed by atoms with Crippen molar-refractivity contribution in [1.29, 1.82) is 0 Å². The van der Waals surface area contributed by atoms with Crippen molar-refractivity contribution < 1.29 is 17.9 Å². The van der Waals surface area contributed by atoms with E-state index in [1.165, 1.54) is 23.8 Å². The molecule has 166 valence electrons. The Morgan fingerprint density at radius 3 is 2.62 bits per heavy atom. The van der Waals surface area contributed by atoms with Gasteiger partial charge in [0.15, 0.2) is 14.6 Å². The maximum Gasteiger partial charge on any atom is 0.283 e. The van der Waals surface area contributed by atoms with E-state index in [0.29, 0.717) is 29.2 Å². The van der Waals surface area contributed by atoms with E-state index in [4.69, 9.17) is 4.74 Å². The van der Waals surface area contributed by atoms with E-state index in [1.54, 1.807) is 30.0 Å². The molecule has 0 unspecified atom stereocenters. The summed E-state index contributed by atoms with van der Waals surface area (Å²) in [6.45, 7) is 2.72. The SMILES string of the molecule is COCCn1c(=NC(=O)c2cnn(-c3ccccc3)c2C)sc2cc(S(C)(=O)=O)ccc21. The van der Waals surface area contributed by atoms with Crippen LogP contribution in [0.5, 0.6) is 0 Å². The zero-order valence-corrected chi connectivity index (χ0v) is 19.5. The molecule has 32 heavy (non-hydrogen) atoms. The Hall–Kier alpha value is -3.08. The third-order valence-corrected chi connectivity index (χ3v) is 7.19. The Morgan fingerprint density at radius 2 is 1.94 bits per heavy atom. The smallest absolute Gasteiger partial charge is 0.283 e. The van der Waals surface area contributed by atoms with Gasteiger partial charge in [-0.2, -0.15) is 10.1 Å². The third kappa shape index (κ3) is 4.29. The van der Waals surface area contributed by atoms with Crippen LogP contribution in [0.25, 0.3) is 15.9 Å². The van der Waals surface area contributed by atoms with Gasteiger partial charge in [0.25, 0.3) is 5.91 Å². The van der Waals surface area contributed by atoms with Crippen LogP contribution in [0.15, 0.2) is 64.6 Å². The van der Waals surface area contributed by atoms with Gasteiger partial charge in [-0.05, 0) is 37.3 Å². The van der Waals surface area contributed by atoms with Crippen molar-refractivity contribution in [2.45, 2.75) is 18.4 Å². The number of hydrogen-bond acceptors (Lipinski definition) is 6. The molecule has 0 bridgehead atoms. The van der Waals surface area contributed by atoms with Crippen molar-refractivity contribution in [2.75, 3.05) is 20.0 Å². The predicted octanol–water partition coefficient (Wildman–Crippen LogP) is 2.99. The number of para-hydroxylation sites is 1. The van der Waals surface area contributed by atoms with E-state index >= 15 is 0 Å². The highest BCUT2D eigenvalue weighted by Gasteiger charge is 2.17. The summed E-state index contributed by atoms with van der Waals surface area (Å²) in [7, 11) is -1.75. The Morgan fingerprint density at radius 1 is 1.19 bits per heavy atom. The van der Waals surface area contributed by atoms with E-state index in [2.05, 4.69) is 10.1 Å². The first kappa shape index (κ1) is 22.1. The monoisotopic (exact) mass is 470 g/mol. The van der Waals surface area contributed by atoms with Gasteiger partial charge in [0.1, 0.15) is 0 Å². The Labute approximate surface area is 189 Å². The molecule has 0 saturated carbocycles. The fourth-order valence-corrected chi connectivity index (χ4v) is 5.18. The second-order valence-electron chi connectivity index (χ2n) is 7.24. The molecule has 2 aromatic heterocycles. The summed E-state index contributed by atoms with van der Waals surface area (Å²) in [5.41, 5.74) is 2.74. The summed E-state index contributed by atoms with van der Waals surface area (Å²) < 4.78 is 33.4. The van der Waals surface area contributed by atoms with Crippen LogP contribution in [-0.4, -0.2) is 48.6 Å². The van der Waals surface area contributed by atoms with Gasteiger partial charge >= 0.3 is 0 Å². The molecule has 0 saturated heterocycles. The van der Waals surface area contributed by atoms with E-state index in [-0.39, 0.29) is 4.90 Å². The normalized spacial score (nSPS) is 12.5. The number of ether oxygens (including phenoxy) is 1. The van der Waals surface area contributed by atoms with Crippen LogP contribution in [0.3, 0.4) is 0 Å². The molecule has 0 aliphatic heterocycles. The number of aromatic nitrogens is 3. The van der Waals surface area contributed by atoms with Crippen LogP contribution in [0.4, 0.5) is 0 Å². The molecule has 0 atom stereocenters. The zero-order valence-electron chi connectivity index (χ0n) is 17.8. The van der Waals surface area contributed by atoms with Crippen molar-refractivity contribution in [3.05, 3.63) is 70.8 Å². The molecule has 0 fully saturated rings. The quantitative estimate of drug-likeness (QED) is 0.432. The van der Waals surface area contributed by atoms with Crippen molar-refractivity contribution in [3.63, 3.8) is 0 Å². The number of benzene rings is 2. The summed E-state index contributed by atoms with van der Waals surface area (Å²) in [5.74, 6) is -0.411. The Bertz CT molecular complexity index is 1460. The van der Waals surface area contributed by atoms with Crippen molar-refractivity contribution in [3.8, 4) is 5.69 Å². The molecule has 4 rings (SSSR count). The minimum absolute atomic E-state index is 0.225. The molecular weight excluding hydrogens is 448 g/mol. The summed E-state index contributed by atoms with van der Waals surface area (Å²) >= 11 is 1.26. The number of nitrogens with zero attached hydrogens (tertiary/aromatic N) is 4. The Balaban J connectivity index is 1.80. The Kier molecular flexibility index (Phi) is 6.09. The molecule has 0 radical (unpaired) electrons. The number of fused-ring (bicyclic) bond motifs is 1. The molecule has 4 aromatic rings. The fraction of sp³-hybridized carbons (Fsp3) is 0.227. The number of amides is 1. The average Bonchev–Trinajstić information content (AvgIpc) is 3.31. The number of carbonyl (C=O) groups is 1. The topological polar surface area (TPSA) is 95.6 Å². The van der Waals surface area contributed by atoms with E-state index in [9.17, 15) is 13.2 Å². The number of sulfone groups is 1.